The molecule has 2 fully saturated rings. The van der Waals surface area contributed by atoms with Gasteiger partial charge in [0.15, 0.2) is 0 Å². The fraction of sp³-hybridized carbons (Fsp3) is 0.647. The Labute approximate surface area is 127 Å². The molecular formula is C17H27N3O. The van der Waals surface area contributed by atoms with Crippen LogP contribution in [0.4, 0.5) is 11.4 Å². The molecular weight excluding hydrogens is 262 g/mol. The van der Waals surface area contributed by atoms with E-state index >= 15 is 0 Å². The molecule has 0 aromatic heterocycles. The lowest BCUT2D eigenvalue weighted by Gasteiger charge is -2.31. The first-order chi connectivity index (χ1) is 10.3. The Morgan fingerprint density at radius 1 is 1.33 bits per heavy atom. The van der Waals surface area contributed by atoms with Crippen LogP contribution in [-0.2, 0) is 4.74 Å². The molecule has 2 saturated heterocycles. The molecule has 2 aliphatic heterocycles. The van der Waals surface area contributed by atoms with Gasteiger partial charge >= 0.3 is 0 Å². The van der Waals surface area contributed by atoms with Gasteiger partial charge in [0.25, 0.3) is 0 Å². The molecule has 0 aliphatic carbocycles. The highest BCUT2D eigenvalue weighted by molar-refractivity contribution is 5.70. The SMILES string of the molecule is CC(CC1CCCN1)Nc1ccccc1N1CCOCC1. The second-order valence-corrected chi connectivity index (χ2v) is 6.19. The second-order valence-electron chi connectivity index (χ2n) is 6.19. The van der Waals surface area contributed by atoms with E-state index < -0.39 is 0 Å². The number of para-hydroxylation sites is 2. The lowest BCUT2D eigenvalue weighted by molar-refractivity contribution is 0.123. The molecule has 2 atom stereocenters. The van der Waals surface area contributed by atoms with E-state index in [0.717, 1.165) is 26.3 Å². The molecule has 2 heterocycles. The Kier molecular flexibility index (Phi) is 4.99. The smallest absolute Gasteiger partial charge is 0.0642 e. The van der Waals surface area contributed by atoms with Gasteiger partial charge in [-0.2, -0.15) is 0 Å². The number of benzene rings is 1. The highest BCUT2D eigenvalue weighted by Crippen LogP contribution is 2.27. The van der Waals surface area contributed by atoms with Gasteiger partial charge in [0.1, 0.15) is 0 Å². The fourth-order valence-corrected chi connectivity index (χ4v) is 3.38. The Morgan fingerprint density at radius 3 is 2.90 bits per heavy atom. The summed E-state index contributed by atoms with van der Waals surface area (Å²) in [4.78, 5) is 2.42. The van der Waals surface area contributed by atoms with Gasteiger partial charge in [-0.15, -0.1) is 0 Å². The minimum Gasteiger partial charge on any atom is -0.381 e. The third kappa shape index (κ3) is 3.89. The molecule has 2 unspecified atom stereocenters. The zero-order valence-corrected chi connectivity index (χ0v) is 13.0. The van der Waals surface area contributed by atoms with Crippen molar-refractivity contribution in [3.63, 3.8) is 0 Å². The number of morpholine rings is 1. The van der Waals surface area contributed by atoms with Crippen molar-refractivity contribution in [3.8, 4) is 0 Å². The van der Waals surface area contributed by atoms with Crippen LogP contribution in [0.25, 0.3) is 0 Å². The highest BCUT2D eigenvalue weighted by Gasteiger charge is 2.19. The summed E-state index contributed by atoms with van der Waals surface area (Å²) >= 11 is 0. The summed E-state index contributed by atoms with van der Waals surface area (Å²) < 4.78 is 5.46. The third-order valence-corrected chi connectivity index (χ3v) is 4.46. The first kappa shape index (κ1) is 14.7. The molecule has 2 N–H and O–H groups in total. The lowest BCUT2D eigenvalue weighted by atomic mass is 10.1. The average Bonchev–Trinajstić information content (AvgIpc) is 3.01. The van der Waals surface area contributed by atoms with Crippen molar-refractivity contribution in [3.05, 3.63) is 24.3 Å². The molecule has 1 aromatic carbocycles. The predicted molar refractivity (Wildman–Crippen MR) is 88.2 cm³/mol. The minimum atomic E-state index is 0.489. The molecule has 0 radical (unpaired) electrons. The van der Waals surface area contributed by atoms with Crippen molar-refractivity contribution in [1.29, 1.82) is 0 Å². The van der Waals surface area contributed by atoms with E-state index in [0.29, 0.717) is 12.1 Å². The largest absolute Gasteiger partial charge is 0.381 e. The maximum atomic E-state index is 5.46. The van der Waals surface area contributed by atoms with Crippen molar-refractivity contribution < 1.29 is 4.74 Å². The Morgan fingerprint density at radius 2 is 2.14 bits per heavy atom. The van der Waals surface area contributed by atoms with Crippen molar-refractivity contribution in [2.24, 2.45) is 0 Å². The Bertz CT molecular complexity index is 439. The van der Waals surface area contributed by atoms with Gasteiger partial charge in [-0.05, 0) is 44.9 Å². The number of hydrogen-bond donors (Lipinski definition) is 2. The number of nitrogens with zero attached hydrogens (tertiary/aromatic N) is 1. The molecule has 0 spiro atoms. The number of nitrogens with one attached hydrogen (secondary N) is 2. The quantitative estimate of drug-likeness (QED) is 0.873. The van der Waals surface area contributed by atoms with E-state index in [1.807, 2.05) is 0 Å². The predicted octanol–water partition coefficient (Wildman–Crippen LogP) is 2.47. The summed E-state index contributed by atoms with van der Waals surface area (Å²) in [6.07, 6.45) is 3.83. The van der Waals surface area contributed by atoms with Crippen LogP contribution in [0.15, 0.2) is 24.3 Å². The van der Waals surface area contributed by atoms with Gasteiger partial charge in [-0.1, -0.05) is 12.1 Å². The maximum Gasteiger partial charge on any atom is 0.0642 e. The van der Waals surface area contributed by atoms with Crippen molar-refractivity contribution >= 4 is 11.4 Å². The summed E-state index contributed by atoms with van der Waals surface area (Å²) in [6, 6.07) is 9.83. The van der Waals surface area contributed by atoms with Gasteiger partial charge in [0, 0.05) is 25.2 Å². The molecule has 0 amide bonds. The molecule has 2 aliphatic rings. The van der Waals surface area contributed by atoms with Crippen LogP contribution in [0.2, 0.25) is 0 Å². The molecule has 3 rings (SSSR count). The summed E-state index contributed by atoms with van der Waals surface area (Å²) in [5.41, 5.74) is 2.57. The number of ether oxygens (including phenoxy) is 1. The summed E-state index contributed by atoms with van der Waals surface area (Å²) in [5.74, 6) is 0. The van der Waals surface area contributed by atoms with Gasteiger partial charge in [-0.3, -0.25) is 0 Å². The maximum absolute atomic E-state index is 5.46. The van der Waals surface area contributed by atoms with Crippen molar-refractivity contribution in [2.45, 2.75) is 38.3 Å². The standard InChI is InChI=1S/C17H27N3O/c1-14(13-15-5-4-8-18-15)19-16-6-2-3-7-17(16)20-9-11-21-12-10-20/h2-3,6-7,14-15,18-19H,4-5,8-13H2,1H3. The monoisotopic (exact) mass is 289 g/mol. The third-order valence-electron chi connectivity index (χ3n) is 4.46. The summed E-state index contributed by atoms with van der Waals surface area (Å²) in [7, 11) is 0. The number of anilines is 2. The van der Waals surface area contributed by atoms with E-state index in [4.69, 9.17) is 4.74 Å². The van der Waals surface area contributed by atoms with Crippen LogP contribution in [-0.4, -0.2) is 44.9 Å². The normalized spacial score (nSPS) is 24.0. The molecule has 0 bridgehead atoms. The average molecular weight is 289 g/mol. The van der Waals surface area contributed by atoms with Gasteiger partial charge in [0.05, 0.1) is 24.6 Å². The van der Waals surface area contributed by atoms with E-state index in [9.17, 15) is 0 Å². The van der Waals surface area contributed by atoms with Gasteiger partial charge in [0.2, 0.25) is 0 Å². The summed E-state index contributed by atoms with van der Waals surface area (Å²) in [5, 5.41) is 7.30. The van der Waals surface area contributed by atoms with Gasteiger partial charge < -0.3 is 20.3 Å². The number of rotatable bonds is 5. The van der Waals surface area contributed by atoms with Crippen LogP contribution in [0.3, 0.4) is 0 Å². The number of hydrogen-bond acceptors (Lipinski definition) is 4. The molecule has 0 saturated carbocycles. The first-order valence-electron chi connectivity index (χ1n) is 8.24. The van der Waals surface area contributed by atoms with Crippen LogP contribution >= 0.6 is 0 Å². The molecule has 21 heavy (non-hydrogen) atoms. The van der Waals surface area contributed by atoms with Crippen molar-refractivity contribution in [1.82, 2.24) is 5.32 Å². The molecule has 4 heteroatoms. The molecule has 1 aromatic rings. The Balaban J connectivity index is 1.63. The van der Waals surface area contributed by atoms with Crippen molar-refractivity contribution in [2.75, 3.05) is 43.1 Å². The lowest BCUT2D eigenvalue weighted by Crippen LogP contribution is -2.37. The zero-order valence-electron chi connectivity index (χ0n) is 13.0. The van der Waals surface area contributed by atoms with Gasteiger partial charge in [-0.25, -0.2) is 0 Å². The zero-order chi connectivity index (χ0) is 14.5. The van der Waals surface area contributed by atoms with Crippen LogP contribution in [0, 0.1) is 0 Å². The second kappa shape index (κ2) is 7.14. The summed E-state index contributed by atoms with van der Waals surface area (Å²) in [6.45, 7) is 7.10. The van der Waals surface area contributed by atoms with E-state index in [1.165, 1.54) is 37.2 Å². The van der Waals surface area contributed by atoms with E-state index in [1.54, 1.807) is 0 Å². The first-order valence-corrected chi connectivity index (χ1v) is 8.24. The highest BCUT2D eigenvalue weighted by atomic mass is 16.5. The fourth-order valence-electron chi connectivity index (χ4n) is 3.38. The van der Waals surface area contributed by atoms with Crippen LogP contribution in [0.1, 0.15) is 26.2 Å². The van der Waals surface area contributed by atoms with Crippen LogP contribution in [0.5, 0.6) is 0 Å². The molecule has 4 nitrogen and oxygen atoms in total. The van der Waals surface area contributed by atoms with Crippen LogP contribution < -0.4 is 15.5 Å². The van der Waals surface area contributed by atoms with E-state index in [-0.39, 0.29) is 0 Å². The molecule has 116 valence electrons. The Hall–Kier alpha value is -1.26. The van der Waals surface area contributed by atoms with E-state index in [2.05, 4.69) is 46.7 Å². The minimum absolute atomic E-state index is 0.489. The topological polar surface area (TPSA) is 36.5 Å².